The van der Waals surface area contributed by atoms with Gasteiger partial charge in [0.2, 0.25) is 0 Å². The summed E-state index contributed by atoms with van der Waals surface area (Å²) < 4.78 is 5.37. The fraction of sp³-hybridized carbons (Fsp3) is 0.579. The van der Waals surface area contributed by atoms with E-state index in [2.05, 4.69) is 0 Å². The van der Waals surface area contributed by atoms with E-state index in [-0.39, 0.29) is 18.7 Å². The number of ether oxygens (including phenoxy) is 1. The SMILES string of the molecule is CN(C(=O)N1CCN(C(=O)OCc2ccccc2)CC1)C1CCCC1. The number of carbonyl (C=O) groups is 2. The Bertz CT molecular complexity index is 579. The van der Waals surface area contributed by atoms with E-state index in [9.17, 15) is 9.59 Å². The van der Waals surface area contributed by atoms with Gasteiger partial charge in [0.25, 0.3) is 0 Å². The van der Waals surface area contributed by atoms with Gasteiger partial charge in [0, 0.05) is 39.3 Å². The summed E-state index contributed by atoms with van der Waals surface area (Å²) >= 11 is 0. The van der Waals surface area contributed by atoms with Crippen molar-refractivity contribution in [2.45, 2.75) is 38.3 Å². The molecular formula is C19H27N3O3. The van der Waals surface area contributed by atoms with Crippen LogP contribution in [0.25, 0.3) is 0 Å². The van der Waals surface area contributed by atoms with E-state index in [4.69, 9.17) is 4.74 Å². The molecule has 0 aromatic heterocycles. The Kier molecular flexibility index (Phi) is 5.79. The highest BCUT2D eigenvalue weighted by atomic mass is 16.6. The second-order valence-electron chi connectivity index (χ2n) is 6.85. The van der Waals surface area contributed by atoms with Crippen LogP contribution in [-0.2, 0) is 11.3 Å². The summed E-state index contributed by atoms with van der Waals surface area (Å²) in [4.78, 5) is 30.2. The van der Waals surface area contributed by atoms with Crippen LogP contribution in [0.4, 0.5) is 9.59 Å². The molecule has 0 N–H and O–H groups in total. The molecule has 2 fully saturated rings. The summed E-state index contributed by atoms with van der Waals surface area (Å²) in [7, 11) is 1.90. The van der Waals surface area contributed by atoms with Crippen LogP contribution < -0.4 is 0 Å². The van der Waals surface area contributed by atoms with Gasteiger partial charge in [-0.1, -0.05) is 43.2 Å². The smallest absolute Gasteiger partial charge is 0.410 e. The Morgan fingerprint density at radius 3 is 2.28 bits per heavy atom. The Balaban J connectivity index is 1.43. The standard InChI is InChI=1S/C19H27N3O3/c1-20(17-9-5-6-10-17)18(23)21-11-13-22(14-12-21)19(24)25-15-16-7-3-2-4-8-16/h2-4,7-8,17H,5-6,9-15H2,1H3. The van der Waals surface area contributed by atoms with Gasteiger partial charge in [0.1, 0.15) is 6.61 Å². The molecule has 0 radical (unpaired) electrons. The molecule has 1 aliphatic heterocycles. The molecule has 0 bridgehead atoms. The molecule has 1 aromatic carbocycles. The lowest BCUT2D eigenvalue weighted by molar-refractivity contribution is 0.0707. The number of hydrogen-bond donors (Lipinski definition) is 0. The van der Waals surface area contributed by atoms with Crippen molar-refractivity contribution >= 4 is 12.1 Å². The third-order valence-electron chi connectivity index (χ3n) is 5.19. The van der Waals surface area contributed by atoms with Crippen LogP contribution in [-0.4, -0.2) is 66.1 Å². The normalized spacial score (nSPS) is 18.3. The second kappa shape index (κ2) is 8.23. The minimum absolute atomic E-state index is 0.0872. The van der Waals surface area contributed by atoms with Gasteiger partial charge in [-0.05, 0) is 18.4 Å². The topological polar surface area (TPSA) is 53.1 Å². The molecule has 0 atom stereocenters. The lowest BCUT2D eigenvalue weighted by atomic mass is 10.2. The summed E-state index contributed by atoms with van der Waals surface area (Å²) in [6.45, 7) is 2.46. The number of carbonyl (C=O) groups excluding carboxylic acids is 2. The molecule has 3 amide bonds. The number of piperazine rings is 1. The highest BCUT2D eigenvalue weighted by molar-refractivity contribution is 5.75. The van der Waals surface area contributed by atoms with Crippen LogP contribution in [0.3, 0.4) is 0 Å². The van der Waals surface area contributed by atoms with Crippen molar-refractivity contribution in [2.75, 3.05) is 33.2 Å². The fourth-order valence-electron chi connectivity index (χ4n) is 3.56. The molecule has 1 heterocycles. The zero-order valence-corrected chi connectivity index (χ0v) is 14.9. The Morgan fingerprint density at radius 2 is 1.64 bits per heavy atom. The van der Waals surface area contributed by atoms with Gasteiger partial charge >= 0.3 is 12.1 Å². The summed E-state index contributed by atoms with van der Waals surface area (Å²) in [5.41, 5.74) is 0.975. The number of urea groups is 1. The first-order valence-corrected chi connectivity index (χ1v) is 9.12. The van der Waals surface area contributed by atoms with Crippen molar-refractivity contribution in [1.29, 1.82) is 0 Å². The Morgan fingerprint density at radius 1 is 1.04 bits per heavy atom. The van der Waals surface area contributed by atoms with Gasteiger partial charge in [0.15, 0.2) is 0 Å². The first kappa shape index (κ1) is 17.6. The van der Waals surface area contributed by atoms with Gasteiger partial charge in [-0.25, -0.2) is 9.59 Å². The second-order valence-corrected chi connectivity index (χ2v) is 6.85. The largest absolute Gasteiger partial charge is 0.445 e. The fourth-order valence-corrected chi connectivity index (χ4v) is 3.56. The van der Waals surface area contributed by atoms with Crippen LogP contribution in [0, 0.1) is 0 Å². The molecule has 1 aliphatic carbocycles. The third kappa shape index (κ3) is 4.44. The first-order chi connectivity index (χ1) is 12.1. The number of benzene rings is 1. The van der Waals surface area contributed by atoms with Crippen molar-refractivity contribution in [3.63, 3.8) is 0 Å². The highest BCUT2D eigenvalue weighted by Crippen LogP contribution is 2.23. The maximum Gasteiger partial charge on any atom is 0.410 e. The predicted molar refractivity (Wildman–Crippen MR) is 95.2 cm³/mol. The van der Waals surface area contributed by atoms with E-state index >= 15 is 0 Å². The van der Waals surface area contributed by atoms with Gasteiger partial charge in [-0.3, -0.25) is 0 Å². The van der Waals surface area contributed by atoms with Crippen LogP contribution in [0.2, 0.25) is 0 Å². The van der Waals surface area contributed by atoms with Gasteiger partial charge < -0.3 is 19.4 Å². The average Bonchev–Trinajstić information content (AvgIpc) is 3.20. The van der Waals surface area contributed by atoms with Gasteiger partial charge in [0.05, 0.1) is 0 Å². The quantitative estimate of drug-likeness (QED) is 0.846. The summed E-state index contributed by atoms with van der Waals surface area (Å²) in [5.74, 6) is 0. The molecule has 0 unspecified atom stereocenters. The summed E-state index contributed by atoms with van der Waals surface area (Å²) in [6, 6.07) is 10.1. The van der Waals surface area contributed by atoms with E-state index in [0.717, 1.165) is 18.4 Å². The third-order valence-corrected chi connectivity index (χ3v) is 5.19. The zero-order valence-electron chi connectivity index (χ0n) is 14.9. The number of nitrogens with zero attached hydrogens (tertiary/aromatic N) is 3. The summed E-state index contributed by atoms with van der Waals surface area (Å²) in [6.07, 6.45) is 4.33. The van der Waals surface area contributed by atoms with Gasteiger partial charge in [-0.2, -0.15) is 0 Å². The maximum absolute atomic E-state index is 12.6. The molecule has 2 aliphatic rings. The number of rotatable bonds is 3. The van der Waals surface area contributed by atoms with E-state index in [1.807, 2.05) is 47.2 Å². The molecule has 1 saturated carbocycles. The Labute approximate surface area is 149 Å². The molecule has 3 rings (SSSR count). The molecule has 0 spiro atoms. The van der Waals surface area contributed by atoms with E-state index in [1.54, 1.807) is 4.90 Å². The molecule has 136 valence electrons. The van der Waals surface area contributed by atoms with Crippen LogP contribution >= 0.6 is 0 Å². The average molecular weight is 345 g/mol. The number of hydrogen-bond acceptors (Lipinski definition) is 3. The predicted octanol–water partition coefficient (Wildman–Crippen LogP) is 2.94. The minimum Gasteiger partial charge on any atom is -0.445 e. The first-order valence-electron chi connectivity index (χ1n) is 9.12. The van der Waals surface area contributed by atoms with E-state index in [1.165, 1.54) is 12.8 Å². The molecule has 1 saturated heterocycles. The maximum atomic E-state index is 12.6. The number of amides is 3. The highest BCUT2D eigenvalue weighted by Gasteiger charge is 2.30. The molecular weight excluding hydrogens is 318 g/mol. The van der Waals surface area contributed by atoms with Crippen LogP contribution in [0.5, 0.6) is 0 Å². The lowest BCUT2D eigenvalue weighted by Crippen LogP contribution is -2.54. The molecule has 25 heavy (non-hydrogen) atoms. The Hall–Kier alpha value is -2.24. The van der Waals surface area contributed by atoms with Crippen molar-refractivity contribution in [3.8, 4) is 0 Å². The monoisotopic (exact) mass is 345 g/mol. The van der Waals surface area contributed by atoms with Crippen molar-refractivity contribution in [1.82, 2.24) is 14.7 Å². The minimum atomic E-state index is -0.305. The molecule has 6 nitrogen and oxygen atoms in total. The van der Waals surface area contributed by atoms with Crippen LogP contribution in [0.1, 0.15) is 31.2 Å². The molecule has 1 aromatic rings. The van der Waals surface area contributed by atoms with E-state index in [0.29, 0.717) is 32.2 Å². The summed E-state index contributed by atoms with van der Waals surface area (Å²) in [5, 5.41) is 0. The van der Waals surface area contributed by atoms with Crippen molar-refractivity contribution < 1.29 is 14.3 Å². The van der Waals surface area contributed by atoms with E-state index < -0.39 is 0 Å². The van der Waals surface area contributed by atoms with Crippen molar-refractivity contribution in [3.05, 3.63) is 35.9 Å². The zero-order chi connectivity index (χ0) is 17.6. The van der Waals surface area contributed by atoms with Crippen LogP contribution in [0.15, 0.2) is 30.3 Å². The lowest BCUT2D eigenvalue weighted by Gasteiger charge is -2.37. The van der Waals surface area contributed by atoms with Crippen molar-refractivity contribution in [2.24, 2.45) is 0 Å². The molecule has 6 heteroatoms. The van der Waals surface area contributed by atoms with Gasteiger partial charge in [-0.15, -0.1) is 0 Å².